The van der Waals surface area contributed by atoms with Gasteiger partial charge in [-0.25, -0.2) is 9.78 Å². The van der Waals surface area contributed by atoms with Gasteiger partial charge in [0.05, 0.1) is 22.3 Å². The van der Waals surface area contributed by atoms with E-state index in [-0.39, 0.29) is 17.5 Å². The summed E-state index contributed by atoms with van der Waals surface area (Å²) in [5.74, 6) is 0.519. The molecule has 14 heteroatoms. The zero-order valence-corrected chi connectivity index (χ0v) is 26.8. The highest BCUT2D eigenvalue weighted by molar-refractivity contribution is 8.00. The van der Waals surface area contributed by atoms with Crippen LogP contribution >= 0.6 is 46.0 Å². The molecule has 0 saturated carbocycles. The van der Waals surface area contributed by atoms with Gasteiger partial charge in [-0.2, -0.15) is 0 Å². The number of halogens is 1. The van der Waals surface area contributed by atoms with Crippen LogP contribution in [0.4, 0.5) is 0 Å². The number of ether oxygens (including phenoxy) is 1. The molecule has 2 atom stereocenters. The van der Waals surface area contributed by atoms with Crippen LogP contribution in [-0.2, 0) is 9.59 Å². The number of aliphatic imine (C=N–C) groups is 2. The first-order valence-electron chi connectivity index (χ1n) is 13.6. The van der Waals surface area contributed by atoms with Gasteiger partial charge in [-0.1, -0.05) is 23.7 Å². The van der Waals surface area contributed by atoms with Gasteiger partial charge in [-0.3, -0.25) is 19.3 Å². The number of fused-ring (bicyclic) bond motifs is 4. The van der Waals surface area contributed by atoms with E-state index in [9.17, 15) is 14.7 Å². The van der Waals surface area contributed by atoms with Crippen molar-refractivity contribution in [3.63, 3.8) is 0 Å². The summed E-state index contributed by atoms with van der Waals surface area (Å²) in [7, 11) is 0. The van der Waals surface area contributed by atoms with Crippen LogP contribution in [0.5, 0.6) is 5.75 Å². The number of rotatable bonds is 6. The molecule has 0 bridgehead atoms. The summed E-state index contributed by atoms with van der Waals surface area (Å²) < 4.78 is 8.62. The summed E-state index contributed by atoms with van der Waals surface area (Å²) in [6, 6.07) is 12.1. The number of carboxylic acids is 1. The van der Waals surface area contributed by atoms with Crippen molar-refractivity contribution in [3.8, 4) is 10.8 Å². The Morgan fingerprint density at radius 1 is 1.07 bits per heavy atom. The van der Waals surface area contributed by atoms with Crippen molar-refractivity contribution in [3.05, 3.63) is 85.7 Å². The van der Waals surface area contributed by atoms with Crippen LogP contribution in [0.2, 0.25) is 5.02 Å². The molecule has 0 radical (unpaired) electrons. The van der Waals surface area contributed by atoms with Gasteiger partial charge in [0.15, 0.2) is 5.82 Å². The van der Waals surface area contributed by atoms with E-state index < -0.39 is 18.0 Å². The molecule has 222 valence electrons. The Labute approximate surface area is 268 Å². The topological polar surface area (TPSA) is 132 Å². The third kappa shape index (κ3) is 5.13. The summed E-state index contributed by atoms with van der Waals surface area (Å²) in [5, 5.41) is 20.0. The Balaban J connectivity index is 1.20. The number of hydrogen-bond acceptors (Lipinski definition) is 11. The largest absolute Gasteiger partial charge is 0.477 e. The number of carbonyl (C=O) groups excluding carboxylic acids is 1. The third-order valence-electron chi connectivity index (χ3n) is 7.43. The first kappa shape index (κ1) is 28.8. The highest BCUT2D eigenvalue weighted by Gasteiger charge is 2.33. The van der Waals surface area contributed by atoms with Crippen LogP contribution in [0.25, 0.3) is 15.2 Å². The number of carboxylic acid groups (broad SMARTS) is 1. The van der Waals surface area contributed by atoms with Crippen LogP contribution in [-0.4, -0.2) is 54.0 Å². The number of thiazole rings is 1. The smallest absolute Gasteiger partial charge is 0.350 e. The van der Waals surface area contributed by atoms with E-state index in [1.807, 2.05) is 35.8 Å². The minimum Gasteiger partial charge on any atom is -0.477 e. The molecule has 0 aliphatic carbocycles. The molecule has 5 heterocycles. The first-order chi connectivity index (χ1) is 21.2. The van der Waals surface area contributed by atoms with Gasteiger partial charge in [-0.15, -0.1) is 44.6 Å². The molecule has 0 spiro atoms. The minimum absolute atomic E-state index is 0.0560. The molecule has 2 aromatic carbocycles. The summed E-state index contributed by atoms with van der Waals surface area (Å²) in [6.07, 6.45) is -0.0560. The highest BCUT2D eigenvalue weighted by atomic mass is 35.5. The molecular weight excluding hydrogens is 640 g/mol. The fourth-order valence-corrected chi connectivity index (χ4v) is 8.69. The minimum atomic E-state index is -1.01. The van der Waals surface area contributed by atoms with Crippen molar-refractivity contribution in [2.45, 2.75) is 38.6 Å². The zero-order valence-electron chi connectivity index (χ0n) is 23.6. The Bertz CT molecular complexity index is 2050. The van der Waals surface area contributed by atoms with Crippen LogP contribution in [0.1, 0.15) is 56.1 Å². The summed E-state index contributed by atoms with van der Waals surface area (Å²) in [6.45, 7) is 6.05. The van der Waals surface area contributed by atoms with Crippen LogP contribution in [0.15, 0.2) is 52.4 Å². The SMILES string of the molecule is Cc1sc2c(c1C)C(c1ccc(Cl)cc1)=N[C@@H](CC(=O)Oc1ccc3nc(C4N=C(C(=O)O)CS4)sc3c1)c1nnc(C)n1-2. The Morgan fingerprint density at radius 3 is 2.61 bits per heavy atom. The normalized spacial score (nSPS) is 17.5. The molecule has 1 N–H and O–H groups in total. The van der Waals surface area contributed by atoms with Crippen LogP contribution in [0, 0.1) is 20.8 Å². The fourth-order valence-electron chi connectivity index (χ4n) is 5.17. The number of aromatic nitrogens is 4. The molecule has 7 rings (SSSR count). The lowest BCUT2D eigenvalue weighted by atomic mass is 9.99. The number of carbonyl (C=O) groups is 2. The monoisotopic (exact) mass is 662 g/mol. The van der Waals surface area contributed by atoms with E-state index >= 15 is 0 Å². The van der Waals surface area contributed by atoms with Crippen molar-refractivity contribution in [2.75, 3.05) is 5.75 Å². The van der Waals surface area contributed by atoms with Gasteiger partial charge >= 0.3 is 11.9 Å². The predicted octanol–water partition coefficient (Wildman–Crippen LogP) is 6.68. The van der Waals surface area contributed by atoms with E-state index in [1.54, 1.807) is 29.5 Å². The first-order valence-corrected chi connectivity index (χ1v) is 16.6. The van der Waals surface area contributed by atoms with E-state index in [0.29, 0.717) is 33.2 Å². The lowest BCUT2D eigenvalue weighted by molar-refractivity contribution is -0.135. The fraction of sp³-hybridized carbons (Fsp3) is 0.233. The van der Waals surface area contributed by atoms with Gasteiger partial charge in [-0.05, 0) is 50.6 Å². The summed E-state index contributed by atoms with van der Waals surface area (Å²) in [5.41, 5.74) is 4.61. The molecule has 0 saturated heterocycles. The van der Waals surface area contributed by atoms with Gasteiger partial charge < -0.3 is 9.84 Å². The standard InChI is InChI=1S/C30H23ClN6O4S3/c1-13-14(2)43-29-24(13)25(16-4-6-17(31)7-5-16)32-20(26-36-35-15(3)37(26)29)11-23(38)41-18-8-9-19-22(10-18)44-28(33-19)27-34-21(12-42-27)30(39)40/h4-10,20,27H,11-12H2,1-3H3,(H,39,40)/t20-,27?/m0/s1. The number of nitrogens with zero attached hydrogens (tertiary/aromatic N) is 6. The third-order valence-corrected chi connectivity index (χ3v) is 11.2. The van der Waals surface area contributed by atoms with Gasteiger partial charge in [0.25, 0.3) is 0 Å². The van der Waals surface area contributed by atoms with Crippen LogP contribution in [0.3, 0.4) is 0 Å². The Kier molecular flexibility index (Phi) is 7.35. The van der Waals surface area contributed by atoms with Gasteiger partial charge in [0, 0.05) is 32.8 Å². The number of benzene rings is 2. The number of aliphatic carboxylic acids is 1. The second kappa shape index (κ2) is 11.2. The van der Waals surface area contributed by atoms with E-state index in [0.717, 1.165) is 42.5 Å². The molecular formula is C30H23ClN6O4S3. The van der Waals surface area contributed by atoms with E-state index in [1.165, 1.54) is 23.1 Å². The second-order valence-corrected chi connectivity index (χ2v) is 14.1. The summed E-state index contributed by atoms with van der Waals surface area (Å²) in [4.78, 5) is 39.9. The maximum Gasteiger partial charge on any atom is 0.350 e. The number of aryl methyl sites for hydroxylation is 2. The highest BCUT2D eigenvalue weighted by Crippen LogP contribution is 2.41. The maximum atomic E-state index is 13.4. The molecule has 0 fully saturated rings. The van der Waals surface area contributed by atoms with Crippen molar-refractivity contribution in [1.82, 2.24) is 19.7 Å². The van der Waals surface area contributed by atoms with Gasteiger partial charge in [0.2, 0.25) is 0 Å². The number of esters is 1. The van der Waals surface area contributed by atoms with Crippen molar-refractivity contribution in [2.24, 2.45) is 9.98 Å². The molecule has 3 aromatic heterocycles. The Morgan fingerprint density at radius 2 is 1.86 bits per heavy atom. The number of hydrogen-bond donors (Lipinski definition) is 1. The quantitative estimate of drug-likeness (QED) is 0.157. The second-order valence-electron chi connectivity index (χ2n) is 10.3. The average Bonchev–Trinajstić information content (AvgIpc) is 3.76. The molecule has 2 aliphatic rings. The van der Waals surface area contributed by atoms with Gasteiger partial charge in [0.1, 0.15) is 38.7 Å². The maximum absolute atomic E-state index is 13.4. The van der Waals surface area contributed by atoms with Crippen molar-refractivity contribution < 1.29 is 19.4 Å². The average molecular weight is 663 g/mol. The number of thioether (sulfide) groups is 1. The molecule has 5 aromatic rings. The van der Waals surface area contributed by atoms with Crippen molar-refractivity contribution in [1.29, 1.82) is 0 Å². The number of thiophene rings is 1. The zero-order chi connectivity index (χ0) is 30.7. The molecule has 0 amide bonds. The molecule has 2 aliphatic heterocycles. The molecule has 1 unspecified atom stereocenters. The predicted molar refractivity (Wildman–Crippen MR) is 173 cm³/mol. The van der Waals surface area contributed by atoms with Crippen molar-refractivity contribution >= 4 is 79.6 Å². The Hall–Kier alpha value is -3.91. The van der Waals surface area contributed by atoms with E-state index in [4.69, 9.17) is 21.3 Å². The molecule has 10 nitrogen and oxygen atoms in total. The van der Waals surface area contributed by atoms with E-state index in [2.05, 4.69) is 34.0 Å². The molecule has 44 heavy (non-hydrogen) atoms. The lowest BCUT2D eigenvalue weighted by Crippen LogP contribution is -2.15. The van der Waals surface area contributed by atoms with Crippen LogP contribution < -0.4 is 4.74 Å². The lowest BCUT2D eigenvalue weighted by Gasteiger charge is -2.12. The summed E-state index contributed by atoms with van der Waals surface area (Å²) >= 11 is 10.7.